The van der Waals surface area contributed by atoms with Crippen molar-refractivity contribution in [1.82, 2.24) is 10.2 Å². The van der Waals surface area contributed by atoms with Crippen molar-refractivity contribution in [3.05, 3.63) is 23.7 Å². The van der Waals surface area contributed by atoms with E-state index in [4.69, 9.17) is 4.42 Å². The van der Waals surface area contributed by atoms with Crippen molar-refractivity contribution in [3.63, 3.8) is 0 Å². The van der Waals surface area contributed by atoms with E-state index in [-0.39, 0.29) is 0 Å². The second-order valence-electron chi connectivity index (χ2n) is 5.92. The zero-order valence-electron chi connectivity index (χ0n) is 11.3. The summed E-state index contributed by atoms with van der Waals surface area (Å²) in [6, 6.07) is 2.68. The van der Waals surface area contributed by atoms with E-state index in [9.17, 15) is 0 Å². The van der Waals surface area contributed by atoms with Gasteiger partial charge in [0.15, 0.2) is 0 Å². The third-order valence-electron chi connectivity index (χ3n) is 4.43. The highest BCUT2D eigenvalue weighted by Gasteiger charge is 2.24. The Morgan fingerprint density at radius 3 is 3.22 bits per heavy atom. The fourth-order valence-electron chi connectivity index (χ4n) is 3.45. The predicted molar refractivity (Wildman–Crippen MR) is 72.6 cm³/mol. The molecule has 1 saturated heterocycles. The molecule has 1 aromatic rings. The molecule has 2 heterocycles. The molecule has 3 rings (SSSR count). The summed E-state index contributed by atoms with van der Waals surface area (Å²) in [7, 11) is 2.24. The Kier molecular flexibility index (Phi) is 3.71. The molecule has 0 bridgehead atoms. The molecule has 0 radical (unpaired) electrons. The fraction of sp³-hybridized carbons (Fsp3) is 0.733. The summed E-state index contributed by atoms with van der Waals surface area (Å²) >= 11 is 0. The summed E-state index contributed by atoms with van der Waals surface area (Å²) in [6.07, 6.45) is 8.20. The van der Waals surface area contributed by atoms with E-state index in [1.165, 1.54) is 50.1 Å². The highest BCUT2D eigenvalue weighted by atomic mass is 16.3. The summed E-state index contributed by atoms with van der Waals surface area (Å²) in [6.45, 7) is 3.67. The molecule has 100 valence electrons. The Balaban J connectivity index is 1.55. The van der Waals surface area contributed by atoms with Gasteiger partial charge in [-0.3, -0.25) is 0 Å². The van der Waals surface area contributed by atoms with Gasteiger partial charge < -0.3 is 14.6 Å². The van der Waals surface area contributed by atoms with E-state index in [1.54, 1.807) is 0 Å². The van der Waals surface area contributed by atoms with Crippen LogP contribution in [-0.4, -0.2) is 31.6 Å². The van der Waals surface area contributed by atoms with Crippen LogP contribution in [0.3, 0.4) is 0 Å². The molecule has 1 aliphatic carbocycles. The van der Waals surface area contributed by atoms with Crippen molar-refractivity contribution in [3.8, 4) is 0 Å². The van der Waals surface area contributed by atoms with Crippen molar-refractivity contribution in [1.29, 1.82) is 0 Å². The highest BCUT2D eigenvalue weighted by Crippen LogP contribution is 2.30. The number of nitrogens with zero attached hydrogens (tertiary/aromatic N) is 1. The molecular weight excluding hydrogens is 224 g/mol. The summed E-state index contributed by atoms with van der Waals surface area (Å²) in [5.74, 6) is 2.03. The second-order valence-corrected chi connectivity index (χ2v) is 5.92. The van der Waals surface area contributed by atoms with E-state index in [2.05, 4.69) is 23.3 Å². The van der Waals surface area contributed by atoms with Crippen LogP contribution in [0, 0.1) is 5.92 Å². The first kappa shape index (κ1) is 12.2. The number of piperidine rings is 1. The number of hydrogen-bond acceptors (Lipinski definition) is 3. The molecule has 0 spiro atoms. The van der Waals surface area contributed by atoms with Gasteiger partial charge in [0.25, 0.3) is 0 Å². The van der Waals surface area contributed by atoms with Crippen LogP contribution in [0.25, 0.3) is 0 Å². The number of nitrogens with one attached hydrogen (secondary N) is 1. The number of fused-ring (bicyclic) bond motifs is 1. The fourth-order valence-corrected chi connectivity index (χ4v) is 3.45. The Morgan fingerprint density at radius 2 is 2.33 bits per heavy atom. The number of furan rings is 1. The number of hydrogen-bond donors (Lipinski definition) is 1. The molecule has 2 atom stereocenters. The topological polar surface area (TPSA) is 28.4 Å². The van der Waals surface area contributed by atoms with Crippen LogP contribution < -0.4 is 5.32 Å². The van der Waals surface area contributed by atoms with Crippen molar-refractivity contribution >= 4 is 0 Å². The average Bonchev–Trinajstić information content (AvgIpc) is 2.85. The highest BCUT2D eigenvalue weighted by molar-refractivity contribution is 5.24. The van der Waals surface area contributed by atoms with Gasteiger partial charge in [0, 0.05) is 24.6 Å². The van der Waals surface area contributed by atoms with E-state index < -0.39 is 0 Å². The monoisotopic (exact) mass is 248 g/mol. The number of aryl methyl sites for hydroxylation is 1. The third kappa shape index (κ3) is 2.62. The standard InChI is InChI=1S/C15H24N2O/c1-17-8-3-4-12(11-17)10-16-14-5-2-6-15-13(14)7-9-18-15/h7,9,12,14,16H,2-6,8,10-11H2,1H3. The minimum Gasteiger partial charge on any atom is -0.469 e. The lowest BCUT2D eigenvalue weighted by Gasteiger charge is -2.32. The molecule has 1 N–H and O–H groups in total. The Labute approximate surface area is 110 Å². The molecule has 2 unspecified atom stereocenters. The van der Waals surface area contributed by atoms with Crippen molar-refractivity contribution in [2.45, 2.75) is 38.1 Å². The summed E-state index contributed by atoms with van der Waals surface area (Å²) < 4.78 is 5.55. The van der Waals surface area contributed by atoms with Gasteiger partial charge in [-0.15, -0.1) is 0 Å². The van der Waals surface area contributed by atoms with Crippen molar-refractivity contribution < 1.29 is 4.42 Å². The third-order valence-corrected chi connectivity index (χ3v) is 4.43. The van der Waals surface area contributed by atoms with Crippen molar-refractivity contribution in [2.24, 2.45) is 5.92 Å². The minimum absolute atomic E-state index is 0.528. The number of rotatable bonds is 3. The molecule has 2 aliphatic rings. The zero-order valence-corrected chi connectivity index (χ0v) is 11.3. The average molecular weight is 248 g/mol. The molecule has 3 nitrogen and oxygen atoms in total. The van der Waals surface area contributed by atoms with Gasteiger partial charge >= 0.3 is 0 Å². The molecule has 1 fully saturated rings. The summed E-state index contributed by atoms with van der Waals surface area (Å²) in [5, 5.41) is 3.77. The molecule has 0 aromatic carbocycles. The maximum atomic E-state index is 5.55. The molecule has 0 amide bonds. The molecule has 0 saturated carbocycles. The van der Waals surface area contributed by atoms with E-state index in [0.717, 1.165) is 18.9 Å². The Bertz CT molecular complexity index is 388. The molecule has 1 aromatic heterocycles. The lowest BCUT2D eigenvalue weighted by atomic mass is 9.92. The van der Waals surface area contributed by atoms with E-state index >= 15 is 0 Å². The van der Waals surface area contributed by atoms with Crippen molar-refractivity contribution in [2.75, 3.05) is 26.7 Å². The van der Waals surface area contributed by atoms with Crippen LogP contribution in [0.1, 0.15) is 43.0 Å². The van der Waals surface area contributed by atoms with Crippen LogP contribution in [0.4, 0.5) is 0 Å². The lowest BCUT2D eigenvalue weighted by molar-refractivity contribution is 0.201. The lowest BCUT2D eigenvalue weighted by Crippen LogP contribution is -2.38. The van der Waals surface area contributed by atoms with Crippen LogP contribution in [0.5, 0.6) is 0 Å². The Morgan fingerprint density at radius 1 is 1.39 bits per heavy atom. The van der Waals surface area contributed by atoms with Crippen LogP contribution >= 0.6 is 0 Å². The molecular formula is C15H24N2O. The number of likely N-dealkylation sites (tertiary alicyclic amines) is 1. The van der Waals surface area contributed by atoms with Crippen LogP contribution in [-0.2, 0) is 6.42 Å². The minimum atomic E-state index is 0.528. The molecule has 3 heteroatoms. The second kappa shape index (κ2) is 5.45. The quantitative estimate of drug-likeness (QED) is 0.891. The maximum absolute atomic E-state index is 5.55. The van der Waals surface area contributed by atoms with Gasteiger partial charge in [0.05, 0.1) is 6.26 Å². The van der Waals surface area contributed by atoms with Crippen LogP contribution in [0.15, 0.2) is 16.7 Å². The van der Waals surface area contributed by atoms with Gasteiger partial charge in [-0.05, 0) is 57.8 Å². The maximum Gasteiger partial charge on any atom is 0.108 e. The Hall–Kier alpha value is -0.800. The van der Waals surface area contributed by atoms with Gasteiger partial charge in [-0.2, -0.15) is 0 Å². The largest absolute Gasteiger partial charge is 0.469 e. The molecule has 1 aliphatic heterocycles. The normalized spacial score (nSPS) is 29.2. The molecule has 18 heavy (non-hydrogen) atoms. The van der Waals surface area contributed by atoms with Gasteiger partial charge in [-0.1, -0.05) is 0 Å². The van der Waals surface area contributed by atoms with Gasteiger partial charge in [0.2, 0.25) is 0 Å². The van der Waals surface area contributed by atoms with E-state index in [1.807, 2.05) is 6.26 Å². The summed E-state index contributed by atoms with van der Waals surface area (Å²) in [5.41, 5.74) is 1.41. The van der Waals surface area contributed by atoms with Gasteiger partial charge in [0.1, 0.15) is 5.76 Å². The van der Waals surface area contributed by atoms with Gasteiger partial charge in [-0.25, -0.2) is 0 Å². The summed E-state index contributed by atoms with van der Waals surface area (Å²) in [4.78, 5) is 2.46. The smallest absolute Gasteiger partial charge is 0.108 e. The van der Waals surface area contributed by atoms with Crippen LogP contribution in [0.2, 0.25) is 0 Å². The first-order chi connectivity index (χ1) is 8.83. The zero-order chi connectivity index (χ0) is 12.4. The SMILES string of the molecule is CN1CCCC(CNC2CCCc3occc32)C1. The van der Waals surface area contributed by atoms with E-state index in [0.29, 0.717) is 6.04 Å². The first-order valence-electron chi connectivity index (χ1n) is 7.31. The predicted octanol–water partition coefficient (Wildman–Crippen LogP) is 2.59. The first-order valence-corrected chi connectivity index (χ1v) is 7.31.